The average Bonchev–Trinajstić information content (AvgIpc) is 2.19. The van der Waals surface area contributed by atoms with Crippen LogP contribution in [0.25, 0.3) is 0 Å². The summed E-state index contributed by atoms with van der Waals surface area (Å²) in [6.07, 6.45) is 0.0374. The second-order valence-corrected chi connectivity index (χ2v) is 5.50. The fourth-order valence-corrected chi connectivity index (χ4v) is 2.84. The number of hydrogen-bond donors (Lipinski definition) is 0. The van der Waals surface area contributed by atoms with E-state index in [4.69, 9.17) is 5.26 Å². The van der Waals surface area contributed by atoms with Crippen LogP contribution in [0.4, 0.5) is 0 Å². The van der Waals surface area contributed by atoms with E-state index in [1.165, 1.54) is 0 Å². The lowest BCUT2D eigenvalue weighted by Gasteiger charge is -2.08. The fourth-order valence-electron chi connectivity index (χ4n) is 1.35. The minimum atomic E-state index is -3.30. The Morgan fingerprint density at radius 3 is 2.60 bits per heavy atom. The molecule has 0 bridgehead atoms. The molecule has 15 heavy (non-hydrogen) atoms. The second kappa shape index (κ2) is 4.45. The zero-order chi connectivity index (χ0) is 11.5. The van der Waals surface area contributed by atoms with Crippen molar-refractivity contribution < 1.29 is 8.42 Å². The molecule has 0 amide bonds. The third-order valence-corrected chi connectivity index (χ3v) is 4.23. The highest BCUT2D eigenvalue weighted by Crippen LogP contribution is 2.19. The molecule has 0 aliphatic carbocycles. The minimum Gasteiger partial charge on any atom is -0.224 e. The summed E-state index contributed by atoms with van der Waals surface area (Å²) in [5.74, 6) is -0.103. The van der Waals surface area contributed by atoms with Gasteiger partial charge in [-0.2, -0.15) is 5.26 Å². The first-order valence-electron chi connectivity index (χ1n) is 4.65. The highest BCUT2D eigenvalue weighted by molar-refractivity contribution is 7.91. The minimum absolute atomic E-state index is 0.0374. The van der Waals surface area contributed by atoms with E-state index in [0.29, 0.717) is 4.90 Å². The van der Waals surface area contributed by atoms with E-state index < -0.39 is 9.84 Å². The molecule has 0 radical (unpaired) electrons. The predicted octanol–water partition coefficient (Wildman–Crippen LogP) is 1.99. The summed E-state index contributed by atoms with van der Waals surface area (Å²) in [4.78, 5) is 0.345. The SMILES string of the molecule is Cc1cccc(S(=O)(=O)CCC#N)c1C. The number of nitrogens with zero attached hydrogens (tertiary/aromatic N) is 1. The highest BCUT2D eigenvalue weighted by Gasteiger charge is 2.16. The van der Waals surface area contributed by atoms with Gasteiger partial charge in [-0.3, -0.25) is 0 Å². The van der Waals surface area contributed by atoms with Gasteiger partial charge in [0.2, 0.25) is 0 Å². The van der Waals surface area contributed by atoms with Crippen molar-refractivity contribution in [2.45, 2.75) is 25.2 Å². The molecule has 0 unspecified atom stereocenters. The molecule has 0 fully saturated rings. The predicted molar refractivity (Wildman–Crippen MR) is 58.2 cm³/mol. The van der Waals surface area contributed by atoms with Crippen molar-refractivity contribution in [2.75, 3.05) is 5.75 Å². The lowest BCUT2D eigenvalue weighted by molar-refractivity contribution is 0.595. The molecule has 0 heterocycles. The van der Waals surface area contributed by atoms with Crippen LogP contribution in [0.15, 0.2) is 23.1 Å². The molecular formula is C11H13NO2S. The molecule has 4 heteroatoms. The first-order chi connectivity index (χ1) is 6.99. The van der Waals surface area contributed by atoms with E-state index in [-0.39, 0.29) is 12.2 Å². The van der Waals surface area contributed by atoms with Crippen molar-refractivity contribution in [2.24, 2.45) is 0 Å². The Hall–Kier alpha value is -1.34. The Morgan fingerprint density at radius 2 is 2.00 bits per heavy atom. The Kier molecular flexibility index (Phi) is 3.48. The van der Waals surface area contributed by atoms with Crippen LogP contribution in [0.3, 0.4) is 0 Å². The third-order valence-electron chi connectivity index (χ3n) is 2.37. The standard InChI is InChI=1S/C11H13NO2S/c1-9-5-3-6-11(10(9)2)15(13,14)8-4-7-12/h3,5-6H,4,8H2,1-2H3. The number of aryl methyl sites for hydroxylation is 1. The zero-order valence-corrected chi connectivity index (χ0v) is 9.63. The van der Waals surface area contributed by atoms with Crippen molar-refractivity contribution in [1.82, 2.24) is 0 Å². The van der Waals surface area contributed by atoms with Gasteiger partial charge in [0.25, 0.3) is 0 Å². The topological polar surface area (TPSA) is 57.9 Å². The van der Waals surface area contributed by atoms with Crippen LogP contribution in [0.2, 0.25) is 0 Å². The molecule has 0 saturated carbocycles. The van der Waals surface area contributed by atoms with E-state index in [1.54, 1.807) is 19.1 Å². The molecule has 0 N–H and O–H groups in total. The second-order valence-electron chi connectivity index (χ2n) is 3.43. The van der Waals surface area contributed by atoms with Crippen molar-refractivity contribution in [3.63, 3.8) is 0 Å². The van der Waals surface area contributed by atoms with E-state index in [9.17, 15) is 8.42 Å². The normalized spacial score (nSPS) is 11.0. The molecule has 0 aliphatic heterocycles. The van der Waals surface area contributed by atoms with Crippen LogP contribution in [-0.2, 0) is 9.84 Å². The quantitative estimate of drug-likeness (QED) is 0.787. The summed E-state index contributed by atoms with van der Waals surface area (Å²) < 4.78 is 23.6. The molecule has 0 saturated heterocycles. The lowest BCUT2D eigenvalue weighted by atomic mass is 10.1. The first kappa shape index (κ1) is 11.7. The van der Waals surface area contributed by atoms with Crippen LogP contribution in [0, 0.1) is 25.2 Å². The first-order valence-corrected chi connectivity index (χ1v) is 6.30. The largest absolute Gasteiger partial charge is 0.224 e. The maximum atomic E-state index is 11.8. The van der Waals surface area contributed by atoms with Crippen molar-refractivity contribution in [3.8, 4) is 6.07 Å². The summed E-state index contributed by atoms with van der Waals surface area (Å²) >= 11 is 0. The van der Waals surface area contributed by atoms with Crippen LogP contribution in [0.5, 0.6) is 0 Å². The van der Waals surface area contributed by atoms with E-state index in [0.717, 1.165) is 11.1 Å². The molecule has 0 spiro atoms. The van der Waals surface area contributed by atoms with Gasteiger partial charge in [0.15, 0.2) is 9.84 Å². The molecular weight excluding hydrogens is 210 g/mol. The van der Waals surface area contributed by atoms with Gasteiger partial charge in [-0.1, -0.05) is 12.1 Å². The fraction of sp³-hybridized carbons (Fsp3) is 0.364. The van der Waals surface area contributed by atoms with Gasteiger partial charge in [0.1, 0.15) is 0 Å². The summed E-state index contributed by atoms with van der Waals surface area (Å²) in [6, 6.07) is 7.04. The van der Waals surface area contributed by atoms with Crippen LogP contribution in [0.1, 0.15) is 17.5 Å². The Morgan fingerprint density at radius 1 is 1.33 bits per heavy atom. The number of sulfone groups is 1. The van der Waals surface area contributed by atoms with Gasteiger partial charge in [-0.15, -0.1) is 0 Å². The molecule has 80 valence electrons. The summed E-state index contributed by atoms with van der Waals surface area (Å²) in [6.45, 7) is 3.66. The van der Waals surface area contributed by atoms with E-state index >= 15 is 0 Å². The smallest absolute Gasteiger partial charge is 0.179 e. The van der Waals surface area contributed by atoms with Crippen molar-refractivity contribution in [3.05, 3.63) is 29.3 Å². The maximum Gasteiger partial charge on any atom is 0.179 e. The van der Waals surface area contributed by atoms with Crippen molar-refractivity contribution >= 4 is 9.84 Å². The van der Waals surface area contributed by atoms with Gasteiger partial charge in [-0.05, 0) is 31.0 Å². The Bertz CT molecular complexity index is 498. The third kappa shape index (κ3) is 2.57. The van der Waals surface area contributed by atoms with Gasteiger partial charge in [0.05, 0.1) is 16.7 Å². The maximum absolute atomic E-state index is 11.8. The lowest BCUT2D eigenvalue weighted by Crippen LogP contribution is -2.08. The number of nitriles is 1. The average molecular weight is 223 g/mol. The van der Waals surface area contributed by atoms with Gasteiger partial charge < -0.3 is 0 Å². The molecule has 3 nitrogen and oxygen atoms in total. The van der Waals surface area contributed by atoms with Crippen LogP contribution in [-0.4, -0.2) is 14.2 Å². The highest BCUT2D eigenvalue weighted by atomic mass is 32.2. The van der Waals surface area contributed by atoms with E-state index in [2.05, 4.69) is 0 Å². The van der Waals surface area contributed by atoms with E-state index in [1.807, 2.05) is 19.1 Å². The Labute approximate surface area is 90.3 Å². The summed E-state index contributed by atoms with van der Waals surface area (Å²) in [5.41, 5.74) is 1.73. The molecule has 0 aliphatic rings. The molecule has 1 aromatic carbocycles. The molecule has 0 aromatic heterocycles. The summed E-state index contributed by atoms with van der Waals surface area (Å²) in [7, 11) is -3.30. The zero-order valence-electron chi connectivity index (χ0n) is 8.82. The van der Waals surface area contributed by atoms with Gasteiger partial charge in [-0.25, -0.2) is 8.42 Å². The van der Waals surface area contributed by atoms with Crippen LogP contribution >= 0.6 is 0 Å². The molecule has 1 rings (SSSR count). The van der Waals surface area contributed by atoms with Crippen molar-refractivity contribution in [1.29, 1.82) is 5.26 Å². The van der Waals surface area contributed by atoms with Gasteiger partial charge >= 0.3 is 0 Å². The summed E-state index contributed by atoms with van der Waals surface area (Å²) in [5, 5.41) is 8.39. The number of hydrogen-bond acceptors (Lipinski definition) is 3. The van der Waals surface area contributed by atoms with Crippen LogP contribution < -0.4 is 0 Å². The number of benzene rings is 1. The van der Waals surface area contributed by atoms with Gasteiger partial charge in [0, 0.05) is 6.42 Å². The Balaban J connectivity index is 3.17. The number of rotatable bonds is 3. The molecule has 0 atom stereocenters. The molecule has 1 aromatic rings. The monoisotopic (exact) mass is 223 g/mol.